The average molecular weight is 769 g/mol. The van der Waals surface area contributed by atoms with Gasteiger partial charge in [0.15, 0.2) is 12.6 Å². The van der Waals surface area contributed by atoms with Crippen LogP contribution in [0, 0.1) is 29.4 Å². The van der Waals surface area contributed by atoms with Crippen LogP contribution in [0.25, 0.3) is 32.9 Å². The van der Waals surface area contributed by atoms with Crippen molar-refractivity contribution in [3.8, 4) is 35.4 Å². The fourth-order valence-electron chi connectivity index (χ4n) is 8.60. The maximum Gasteiger partial charge on any atom is 0.404 e. The molecule has 3 fully saturated rings. The van der Waals surface area contributed by atoms with E-state index in [1.54, 1.807) is 26.8 Å². The van der Waals surface area contributed by atoms with Gasteiger partial charge in [-0.15, -0.1) is 6.42 Å². The highest BCUT2D eigenvalue weighted by atomic mass is 19.3. The number of carbonyl (C=O) groups is 1. The minimum atomic E-state index is -3.41. The lowest BCUT2D eigenvalue weighted by Gasteiger charge is -2.49. The molecule has 11 nitrogen and oxygen atoms in total. The van der Waals surface area contributed by atoms with Crippen LogP contribution >= 0.6 is 0 Å². The Morgan fingerprint density at radius 1 is 1.15 bits per heavy atom. The monoisotopic (exact) mass is 768 g/mol. The molecule has 3 aliphatic rings. The molecule has 0 spiro atoms. The summed E-state index contributed by atoms with van der Waals surface area (Å²) >= 11 is 0. The number of primary amides is 1. The molecule has 7 rings (SSSR count). The summed E-state index contributed by atoms with van der Waals surface area (Å²) in [6.45, 7) is 5.16. The molecule has 0 bridgehead atoms. The van der Waals surface area contributed by atoms with Crippen molar-refractivity contribution in [3.63, 3.8) is 0 Å². The zero-order valence-corrected chi connectivity index (χ0v) is 30.8. The van der Waals surface area contributed by atoms with Gasteiger partial charge in [-0.2, -0.15) is 9.97 Å². The van der Waals surface area contributed by atoms with Crippen molar-refractivity contribution in [3.05, 3.63) is 47.7 Å². The Morgan fingerprint density at radius 3 is 2.64 bits per heavy atom. The second-order valence-corrected chi connectivity index (χ2v) is 15.5. The molecule has 0 aliphatic carbocycles. The number of aromatic nitrogens is 3. The molecule has 16 heteroatoms. The molecule has 55 heavy (non-hydrogen) atoms. The van der Waals surface area contributed by atoms with Crippen LogP contribution in [-0.2, 0) is 9.47 Å². The van der Waals surface area contributed by atoms with Crippen LogP contribution in [0.3, 0.4) is 0 Å². The number of benzene rings is 2. The van der Waals surface area contributed by atoms with Gasteiger partial charge in [-0.25, -0.2) is 26.7 Å². The molecule has 0 saturated carbocycles. The lowest BCUT2D eigenvalue weighted by atomic mass is 9.78. The van der Waals surface area contributed by atoms with E-state index in [-0.39, 0.29) is 77.1 Å². The molecule has 4 aromatic rings. The molecule has 2 aromatic heterocycles. The second-order valence-electron chi connectivity index (χ2n) is 15.5. The van der Waals surface area contributed by atoms with Crippen LogP contribution in [-0.4, -0.2) is 95.9 Å². The van der Waals surface area contributed by atoms with Crippen LogP contribution in [0.2, 0.25) is 0 Å². The van der Waals surface area contributed by atoms with Gasteiger partial charge in [0, 0.05) is 37.2 Å². The maximum atomic E-state index is 17.3. The van der Waals surface area contributed by atoms with E-state index in [4.69, 9.17) is 31.1 Å². The third-order valence-corrected chi connectivity index (χ3v) is 10.7. The summed E-state index contributed by atoms with van der Waals surface area (Å²) in [6, 6.07) is 4.38. The Labute approximate surface area is 314 Å². The Morgan fingerprint density at radius 2 is 1.93 bits per heavy atom. The molecule has 3 aliphatic heterocycles. The van der Waals surface area contributed by atoms with Crippen LogP contribution < -0.4 is 20.1 Å². The SMILES string of the molecule is C#Cc1c(F)ccc2cc(OCOC)cc(-c3ncc4c(N5CC(F)(F)CC(OC(N)=O)C5C(C)(C)C)nc(OC[C@@]56CCCN5C[C@H](F)C6)nc4c3F)c12. The molecule has 2 N–H and O–H groups in total. The van der Waals surface area contributed by atoms with E-state index in [1.165, 1.54) is 36.4 Å². The van der Waals surface area contributed by atoms with Crippen LogP contribution in [0.5, 0.6) is 11.8 Å². The maximum absolute atomic E-state index is 17.3. The van der Waals surface area contributed by atoms with Gasteiger partial charge in [0.1, 0.15) is 47.5 Å². The summed E-state index contributed by atoms with van der Waals surface area (Å²) in [5, 5.41) is 0.517. The summed E-state index contributed by atoms with van der Waals surface area (Å²) in [7, 11) is 1.42. The highest BCUT2D eigenvalue weighted by molar-refractivity contribution is 6.03. The Hall–Kier alpha value is -5.01. The van der Waals surface area contributed by atoms with Crippen molar-refractivity contribution >= 4 is 33.6 Å². The quantitative estimate of drug-likeness (QED) is 0.111. The predicted octanol–water partition coefficient (Wildman–Crippen LogP) is 6.77. The summed E-state index contributed by atoms with van der Waals surface area (Å²) in [4.78, 5) is 28.8. The molecular weight excluding hydrogens is 727 g/mol. The number of terminal acetylenes is 1. The van der Waals surface area contributed by atoms with Gasteiger partial charge in [-0.05, 0) is 48.4 Å². The lowest BCUT2D eigenvalue weighted by Crippen LogP contribution is -2.62. The lowest BCUT2D eigenvalue weighted by molar-refractivity contribution is -0.0824. The van der Waals surface area contributed by atoms with Crippen molar-refractivity contribution in [2.45, 2.75) is 76.2 Å². The zero-order chi connectivity index (χ0) is 39.4. The highest BCUT2D eigenvalue weighted by Crippen LogP contribution is 2.46. The fourth-order valence-corrected chi connectivity index (χ4v) is 8.60. The number of rotatable bonds is 9. The summed E-state index contributed by atoms with van der Waals surface area (Å²) < 4.78 is 101. The van der Waals surface area contributed by atoms with Gasteiger partial charge >= 0.3 is 12.1 Å². The largest absolute Gasteiger partial charge is 0.468 e. The number of fused-ring (bicyclic) bond motifs is 3. The number of halogens is 5. The molecule has 5 heterocycles. The molecule has 2 unspecified atom stereocenters. The number of methoxy groups -OCH3 is 1. The van der Waals surface area contributed by atoms with E-state index in [9.17, 15) is 9.18 Å². The highest BCUT2D eigenvalue weighted by Gasteiger charge is 2.53. The number of carbonyl (C=O) groups excluding carboxylic acids is 1. The fraction of sp³-hybridized carbons (Fsp3) is 0.487. The van der Waals surface area contributed by atoms with Gasteiger partial charge in [-0.3, -0.25) is 9.88 Å². The zero-order valence-electron chi connectivity index (χ0n) is 30.8. The van der Waals surface area contributed by atoms with Crippen molar-refractivity contribution in [1.29, 1.82) is 0 Å². The number of hydrogen-bond donors (Lipinski definition) is 1. The van der Waals surface area contributed by atoms with Crippen LogP contribution in [0.1, 0.15) is 52.0 Å². The Kier molecular flexibility index (Phi) is 9.91. The number of anilines is 1. The first-order valence-electron chi connectivity index (χ1n) is 17.9. The van der Waals surface area contributed by atoms with Crippen LogP contribution in [0.15, 0.2) is 30.5 Å². The van der Waals surface area contributed by atoms with Crippen molar-refractivity contribution in [1.82, 2.24) is 19.9 Å². The topological polar surface area (TPSA) is 125 Å². The number of amides is 1. The Balaban J connectivity index is 1.45. The predicted molar refractivity (Wildman–Crippen MR) is 194 cm³/mol. The van der Waals surface area contributed by atoms with Gasteiger partial charge in [0.05, 0.1) is 35.5 Å². The molecule has 0 radical (unpaired) electrons. The number of pyridine rings is 1. The average Bonchev–Trinajstić information content (AvgIpc) is 3.63. The number of ether oxygens (including phenoxy) is 4. The molecular formula is C39H41F5N6O5. The summed E-state index contributed by atoms with van der Waals surface area (Å²) in [5.74, 6) is -2.73. The first-order valence-corrected chi connectivity index (χ1v) is 17.9. The first kappa shape index (κ1) is 38.3. The van der Waals surface area contributed by atoms with E-state index in [2.05, 4.69) is 20.9 Å². The third kappa shape index (κ3) is 7.15. The van der Waals surface area contributed by atoms with E-state index in [1.807, 2.05) is 4.90 Å². The van der Waals surface area contributed by atoms with E-state index >= 15 is 17.6 Å². The molecule has 1 amide bonds. The summed E-state index contributed by atoms with van der Waals surface area (Å²) in [6.07, 6.45) is 4.16. The second kappa shape index (κ2) is 14.2. The van der Waals surface area contributed by atoms with E-state index in [0.29, 0.717) is 18.4 Å². The number of nitrogens with zero attached hydrogens (tertiary/aromatic N) is 5. The van der Waals surface area contributed by atoms with Gasteiger partial charge < -0.3 is 29.6 Å². The van der Waals surface area contributed by atoms with Crippen molar-refractivity contribution < 1.29 is 45.7 Å². The number of nitrogens with two attached hydrogens (primary N) is 1. The number of piperidine rings is 1. The summed E-state index contributed by atoms with van der Waals surface area (Å²) in [5.41, 5.74) is 3.13. The molecule has 2 aromatic carbocycles. The smallest absolute Gasteiger partial charge is 0.404 e. The molecule has 3 saturated heterocycles. The molecule has 292 valence electrons. The van der Waals surface area contributed by atoms with Gasteiger partial charge in [-0.1, -0.05) is 32.8 Å². The van der Waals surface area contributed by atoms with Crippen LogP contribution in [0.4, 0.5) is 32.6 Å². The minimum Gasteiger partial charge on any atom is -0.468 e. The number of hydrogen-bond acceptors (Lipinski definition) is 10. The van der Waals surface area contributed by atoms with Crippen molar-refractivity contribution in [2.75, 3.05) is 45.0 Å². The van der Waals surface area contributed by atoms with E-state index in [0.717, 1.165) is 6.42 Å². The minimum absolute atomic E-state index is 0.0431. The molecule has 4 atom stereocenters. The first-order chi connectivity index (χ1) is 26.0. The van der Waals surface area contributed by atoms with E-state index < -0.39 is 65.9 Å². The third-order valence-electron chi connectivity index (χ3n) is 10.7. The van der Waals surface area contributed by atoms with Gasteiger partial charge in [0.25, 0.3) is 5.92 Å². The standard InChI is InChI=1S/C39H41F5N6O5/c1-6-24-27(41)9-8-21-12-23(54-20-52-5)13-25(29(21)24)31-30(42)32-26(16-46-31)34(48-36(47-32)53-19-38-10-7-11-49(38)17-22(40)14-38)50-18-39(43,44)15-28(55-35(45)51)33(50)37(2,3)4/h1,8-9,12-13,16,22,28,33H,7,10-11,14-15,17-20H2,2-5H3,(H2,45,51)/t22-,28?,33?,38+/m1/s1. The van der Waals surface area contributed by atoms with Crippen molar-refractivity contribution in [2.24, 2.45) is 11.1 Å². The normalized spacial score (nSPS) is 23.9. The number of alkyl halides is 3. The van der Waals surface area contributed by atoms with Gasteiger partial charge in [0.2, 0.25) is 0 Å². The Bertz CT molecular complexity index is 2200.